The zero-order valence-electron chi connectivity index (χ0n) is 24.6. The molecular formula is C32H40N6O4. The van der Waals surface area contributed by atoms with E-state index in [1.165, 1.54) is 0 Å². The zero-order chi connectivity index (χ0) is 30.2. The Labute approximate surface area is 246 Å². The second-order valence-electron chi connectivity index (χ2n) is 10.5. The normalized spacial score (nSPS) is 14.3. The predicted octanol–water partition coefficient (Wildman–Crippen LogP) is 5.16. The molecule has 2 amide bonds. The van der Waals surface area contributed by atoms with Crippen molar-refractivity contribution >= 4 is 23.5 Å². The van der Waals surface area contributed by atoms with Crippen molar-refractivity contribution in [2.24, 2.45) is 5.92 Å². The van der Waals surface area contributed by atoms with Crippen LogP contribution >= 0.6 is 0 Å². The smallest absolute Gasteiger partial charge is 0.327 e. The first-order valence-corrected chi connectivity index (χ1v) is 14.5. The standard InChI is InChI=1S/C32H40N6O4/c1-6-26(7-2)38-27(18-19-33-38)31(40)35-30(24-12-10-9-11-13-24)32(41)34-25-16-14-23(15-17-25)29-21(4)36-37(22(29)5)20-28(39)42-8-3/h6-7,14-19,24,26,30H,1-2,8-13,20H2,3-5H3,(H,34,41)(H,35,40)/t30-/m0/s1. The fraction of sp³-hybridized carbons (Fsp3) is 0.406. The highest BCUT2D eigenvalue weighted by Gasteiger charge is 2.32. The summed E-state index contributed by atoms with van der Waals surface area (Å²) < 4.78 is 8.26. The zero-order valence-corrected chi connectivity index (χ0v) is 24.6. The van der Waals surface area contributed by atoms with E-state index in [1.54, 1.807) is 40.7 Å². The number of carbonyl (C=O) groups is 3. The highest BCUT2D eigenvalue weighted by atomic mass is 16.5. The van der Waals surface area contributed by atoms with Crippen molar-refractivity contribution in [1.82, 2.24) is 24.9 Å². The third-order valence-electron chi connectivity index (χ3n) is 7.77. The fourth-order valence-electron chi connectivity index (χ4n) is 5.65. The van der Waals surface area contributed by atoms with Gasteiger partial charge in [0.15, 0.2) is 0 Å². The van der Waals surface area contributed by atoms with Crippen LogP contribution in [-0.4, -0.2) is 50.0 Å². The van der Waals surface area contributed by atoms with Crippen molar-refractivity contribution in [2.75, 3.05) is 11.9 Å². The lowest BCUT2D eigenvalue weighted by Crippen LogP contribution is -2.49. The summed E-state index contributed by atoms with van der Waals surface area (Å²) in [7, 11) is 0. The van der Waals surface area contributed by atoms with Gasteiger partial charge in [-0.2, -0.15) is 10.2 Å². The third kappa shape index (κ3) is 6.87. The number of aryl methyl sites for hydroxylation is 1. The Balaban J connectivity index is 1.51. The van der Waals surface area contributed by atoms with Crippen LogP contribution in [0, 0.1) is 19.8 Å². The molecule has 0 radical (unpaired) electrons. The average Bonchev–Trinajstić information content (AvgIpc) is 3.57. The number of ether oxygens (including phenoxy) is 1. The van der Waals surface area contributed by atoms with Gasteiger partial charge in [-0.15, -0.1) is 13.2 Å². The molecule has 0 bridgehead atoms. The molecule has 1 fully saturated rings. The van der Waals surface area contributed by atoms with Crippen LogP contribution in [0.15, 0.2) is 61.8 Å². The van der Waals surface area contributed by atoms with Crippen LogP contribution < -0.4 is 10.6 Å². The highest BCUT2D eigenvalue weighted by Crippen LogP contribution is 2.30. The topological polar surface area (TPSA) is 120 Å². The number of esters is 1. The van der Waals surface area contributed by atoms with E-state index in [1.807, 2.05) is 38.1 Å². The summed E-state index contributed by atoms with van der Waals surface area (Å²) in [5.74, 6) is -0.929. The Bertz CT molecular complexity index is 1420. The van der Waals surface area contributed by atoms with E-state index in [9.17, 15) is 14.4 Å². The van der Waals surface area contributed by atoms with E-state index in [-0.39, 0.29) is 36.3 Å². The molecule has 42 heavy (non-hydrogen) atoms. The molecule has 0 unspecified atom stereocenters. The van der Waals surface area contributed by atoms with Gasteiger partial charge in [0, 0.05) is 23.1 Å². The van der Waals surface area contributed by atoms with Crippen molar-refractivity contribution in [3.8, 4) is 11.1 Å². The molecule has 0 spiro atoms. The van der Waals surface area contributed by atoms with Gasteiger partial charge in [0.1, 0.15) is 18.3 Å². The number of amides is 2. The number of rotatable bonds is 12. The number of nitrogens with one attached hydrogen (secondary N) is 2. The molecule has 0 saturated heterocycles. The quantitative estimate of drug-likeness (QED) is 0.229. The number of hydrogen-bond donors (Lipinski definition) is 2. The van der Waals surface area contributed by atoms with Gasteiger partial charge in [0.2, 0.25) is 5.91 Å². The lowest BCUT2D eigenvalue weighted by Gasteiger charge is -2.30. The maximum absolute atomic E-state index is 13.6. The second-order valence-corrected chi connectivity index (χ2v) is 10.5. The molecule has 3 aromatic rings. The maximum atomic E-state index is 13.6. The SMILES string of the molecule is C=CC(C=C)n1nccc1C(=O)N[C@H](C(=O)Nc1ccc(-c2c(C)nn(CC(=O)OCC)c2C)cc1)C1CCCCC1. The Hall–Kier alpha value is -4.47. The number of allylic oxidation sites excluding steroid dienone is 2. The Morgan fingerprint density at radius 2 is 1.76 bits per heavy atom. The molecule has 1 atom stereocenters. The van der Waals surface area contributed by atoms with Crippen LogP contribution in [0.3, 0.4) is 0 Å². The summed E-state index contributed by atoms with van der Waals surface area (Å²) in [5.41, 5.74) is 4.46. The summed E-state index contributed by atoms with van der Waals surface area (Å²) in [6, 6.07) is 8.09. The van der Waals surface area contributed by atoms with E-state index >= 15 is 0 Å². The highest BCUT2D eigenvalue weighted by molar-refractivity contribution is 6.00. The first kappa shape index (κ1) is 30.5. The molecule has 222 valence electrons. The monoisotopic (exact) mass is 572 g/mol. The minimum atomic E-state index is -0.697. The van der Waals surface area contributed by atoms with Gasteiger partial charge in [0.25, 0.3) is 5.91 Å². The largest absolute Gasteiger partial charge is 0.465 e. The van der Waals surface area contributed by atoms with Crippen LogP contribution in [0.1, 0.15) is 66.9 Å². The van der Waals surface area contributed by atoms with Gasteiger partial charge < -0.3 is 15.4 Å². The van der Waals surface area contributed by atoms with Crippen LogP contribution in [0.5, 0.6) is 0 Å². The summed E-state index contributed by atoms with van der Waals surface area (Å²) in [5, 5.41) is 14.8. The van der Waals surface area contributed by atoms with Crippen LogP contribution in [0.2, 0.25) is 0 Å². The third-order valence-corrected chi connectivity index (χ3v) is 7.77. The van der Waals surface area contributed by atoms with E-state index in [0.29, 0.717) is 18.0 Å². The van der Waals surface area contributed by atoms with Crippen LogP contribution in [-0.2, 0) is 20.9 Å². The van der Waals surface area contributed by atoms with Gasteiger partial charge in [-0.05, 0) is 63.3 Å². The number of carbonyl (C=O) groups excluding carboxylic acids is 3. The van der Waals surface area contributed by atoms with Crippen molar-refractivity contribution in [3.63, 3.8) is 0 Å². The molecule has 2 aromatic heterocycles. The fourth-order valence-corrected chi connectivity index (χ4v) is 5.65. The van der Waals surface area contributed by atoms with E-state index in [4.69, 9.17) is 4.74 Å². The summed E-state index contributed by atoms with van der Waals surface area (Å²) in [6.45, 7) is 13.6. The lowest BCUT2D eigenvalue weighted by atomic mass is 9.83. The predicted molar refractivity (Wildman–Crippen MR) is 162 cm³/mol. The lowest BCUT2D eigenvalue weighted by molar-refractivity contribution is -0.144. The Kier molecular flexibility index (Phi) is 10.1. The van der Waals surface area contributed by atoms with Gasteiger partial charge in [-0.1, -0.05) is 43.5 Å². The van der Waals surface area contributed by atoms with E-state index in [2.05, 4.69) is 34.0 Å². The molecule has 2 heterocycles. The van der Waals surface area contributed by atoms with Crippen molar-refractivity contribution in [2.45, 2.75) is 71.5 Å². The Morgan fingerprint density at radius 1 is 1.07 bits per heavy atom. The number of nitrogens with zero attached hydrogens (tertiary/aromatic N) is 4. The maximum Gasteiger partial charge on any atom is 0.327 e. The Morgan fingerprint density at radius 3 is 2.40 bits per heavy atom. The molecule has 1 aliphatic rings. The first-order chi connectivity index (χ1) is 20.3. The summed E-state index contributed by atoms with van der Waals surface area (Å²) in [6.07, 6.45) is 9.77. The second kappa shape index (κ2) is 13.9. The average molecular weight is 573 g/mol. The minimum Gasteiger partial charge on any atom is -0.465 e. The minimum absolute atomic E-state index is 0.0310. The molecule has 0 aliphatic heterocycles. The number of aromatic nitrogens is 4. The molecule has 1 aliphatic carbocycles. The van der Waals surface area contributed by atoms with Crippen molar-refractivity contribution < 1.29 is 19.1 Å². The molecule has 1 saturated carbocycles. The van der Waals surface area contributed by atoms with Gasteiger partial charge in [0.05, 0.1) is 18.3 Å². The van der Waals surface area contributed by atoms with Crippen LogP contribution in [0.4, 0.5) is 5.69 Å². The number of anilines is 1. The summed E-state index contributed by atoms with van der Waals surface area (Å²) in [4.78, 5) is 39.0. The van der Waals surface area contributed by atoms with Gasteiger partial charge in [-0.25, -0.2) is 4.68 Å². The molecule has 4 rings (SSSR count). The number of benzene rings is 1. The molecule has 10 heteroatoms. The molecule has 10 nitrogen and oxygen atoms in total. The number of hydrogen-bond acceptors (Lipinski definition) is 6. The van der Waals surface area contributed by atoms with Crippen molar-refractivity contribution in [3.05, 3.63) is 78.9 Å². The first-order valence-electron chi connectivity index (χ1n) is 14.5. The molecule has 1 aromatic carbocycles. The van der Waals surface area contributed by atoms with Gasteiger partial charge in [-0.3, -0.25) is 19.1 Å². The molecule has 2 N–H and O–H groups in total. The van der Waals surface area contributed by atoms with Crippen molar-refractivity contribution in [1.29, 1.82) is 0 Å². The van der Waals surface area contributed by atoms with Gasteiger partial charge >= 0.3 is 5.97 Å². The van der Waals surface area contributed by atoms with E-state index < -0.39 is 6.04 Å². The molecular weight excluding hydrogens is 532 g/mol. The van der Waals surface area contributed by atoms with Crippen LogP contribution in [0.25, 0.3) is 11.1 Å². The van der Waals surface area contributed by atoms with E-state index in [0.717, 1.165) is 54.6 Å². The summed E-state index contributed by atoms with van der Waals surface area (Å²) >= 11 is 0.